The number of nitrogens with zero attached hydrogens (tertiary/aromatic N) is 2. The molecule has 0 saturated carbocycles. The first-order valence-electron chi connectivity index (χ1n) is 5.15. The van der Waals surface area contributed by atoms with Gasteiger partial charge in [0.05, 0.1) is 37.6 Å². The molecule has 0 radical (unpaired) electrons. The molecule has 0 bridgehead atoms. The van der Waals surface area contributed by atoms with Crippen molar-refractivity contribution in [1.29, 1.82) is 0 Å². The Labute approximate surface area is 109 Å². The van der Waals surface area contributed by atoms with Crippen LogP contribution in [0.15, 0.2) is 10.7 Å². The Morgan fingerprint density at radius 2 is 2.12 bits per heavy atom. The molecule has 1 rings (SSSR count). The number of hydrogen-bond acceptors (Lipinski definition) is 6. The number of aromatic nitrogens is 2. The highest BCUT2D eigenvalue weighted by molar-refractivity contribution is 9.10. The molecule has 0 fully saturated rings. The molecule has 7 heteroatoms. The molecule has 1 aromatic heterocycles. The number of ether oxygens (including phenoxy) is 3. The number of halogens is 1. The summed E-state index contributed by atoms with van der Waals surface area (Å²) in [4.78, 5) is 8.24. The van der Waals surface area contributed by atoms with Gasteiger partial charge in [0.2, 0.25) is 11.8 Å². The van der Waals surface area contributed by atoms with Crippen molar-refractivity contribution in [2.75, 3.05) is 45.9 Å². The van der Waals surface area contributed by atoms with E-state index in [1.54, 1.807) is 20.4 Å². The van der Waals surface area contributed by atoms with Gasteiger partial charge in [0.25, 0.3) is 0 Å². The van der Waals surface area contributed by atoms with Crippen LogP contribution in [0.5, 0.6) is 5.88 Å². The lowest BCUT2D eigenvalue weighted by molar-refractivity contribution is 0.0759. The van der Waals surface area contributed by atoms with Crippen LogP contribution in [0.2, 0.25) is 0 Å². The summed E-state index contributed by atoms with van der Waals surface area (Å²) in [6, 6.07) is 0. The maximum Gasteiger partial charge on any atom is 0.232 e. The molecule has 0 aromatic carbocycles. The first kappa shape index (κ1) is 14.1. The molecule has 0 atom stereocenters. The largest absolute Gasteiger partial charge is 0.480 e. The summed E-state index contributed by atoms with van der Waals surface area (Å²) in [6.07, 6.45) is 1.64. The van der Waals surface area contributed by atoms with Gasteiger partial charge >= 0.3 is 0 Å². The summed E-state index contributed by atoms with van der Waals surface area (Å²) in [7, 11) is 3.20. The Morgan fingerprint density at radius 1 is 1.29 bits per heavy atom. The number of rotatable bonds is 8. The fourth-order valence-electron chi connectivity index (χ4n) is 1.06. The Morgan fingerprint density at radius 3 is 2.82 bits per heavy atom. The Hall–Kier alpha value is -0.920. The van der Waals surface area contributed by atoms with Crippen LogP contribution in [0.3, 0.4) is 0 Å². The zero-order valence-electron chi connectivity index (χ0n) is 9.90. The second kappa shape index (κ2) is 8.21. The van der Waals surface area contributed by atoms with Gasteiger partial charge in [-0.25, -0.2) is 4.98 Å². The fourth-order valence-corrected chi connectivity index (χ4v) is 1.41. The van der Waals surface area contributed by atoms with Crippen LogP contribution in [0, 0.1) is 0 Å². The van der Waals surface area contributed by atoms with E-state index in [1.807, 2.05) is 0 Å². The second-order valence-electron chi connectivity index (χ2n) is 3.08. The summed E-state index contributed by atoms with van der Waals surface area (Å²) in [5.74, 6) is 1.02. The average Bonchev–Trinajstić information content (AvgIpc) is 2.35. The quantitative estimate of drug-likeness (QED) is 0.731. The van der Waals surface area contributed by atoms with E-state index < -0.39 is 0 Å². The highest BCUT2D eigenvalue weighted by Gasteiger charge is 2.03. The van der Waals surface area contributed by atoms with Crippen molar-refractivity contribution in [3.8, 4) is 5.88 Å². The zero-order valence-corrected chi connectivity index (χ0v) is 11.5. The van der Waals surface area contributed by atoms with Gasteiger partial charge in [0, 0.05) is 13.7 Å². The molecule has 0 spiro atoms. The lowest BCUT2D eigenvalue weighted by Gasteiger charge is -2.07. The number of anilines is 1. The summed E-state index contributed by atoms with van der Waals surface area (Å²) in [5.41, 5.74) is 0. The highest BCUT2D eigenvalue weighted by Crippen LogP contribution is 2.21. The van der Waals surface area contributed by atoms with E-state index in [9.17, 15) is 0 Å². The van der Waals surface area contributed by atoms with Crippen molar-refractivity contribution in [2.45, 2.75) is 0 Å². The summed E-state index contributed by atoms with van der Waals surface area (Å²) in [6.45, 7) is 2.39. The lowest BCUT2D eigenvalue weighted by atomic mass is 10.6. The SMILES string of the molecule is COCCOCCNc1ncc(Br)c(OC)n1. The number of methoxy groups -OCH3 is 2. The number of nitrogens with one attached hydrogen (secondary N) is 1. The van der Waals surface area contributed by atoms with Gasteiger partial charge in [-0.1, -0.05) is 0 Å². The molecule has 0 aliphatic carbocycles. The Kier molecular flexibility index (Phi) is 6.83. The maximum atomic E-state index is 5.29. The summed E-state index contributed by atoms with van der Waals surface area (Å²) < 4.78 is 15.9. The third-order valence-electron chi connectivity index (χ3n) is 1.87. The van der Waals surface area contributed by atoms with Crippen molar-refractivity contribution < 1.29 is 14.2 Å². The summed E-state index contributed by atoms with van der Waals surface area (Å²) in [5, 5.41) is 3.03. The molecule has 0 aliphatic rings. The molecule has 0 unspecified atom stereocenters. The monoisotopic (exact) mass is 305 g/mol. The molecule has 6 nitrogen and oxygen atoms in total. The average molecular weight is 306 g/mol. The normalized spacial score (nSPS) is 10.3. The smallest absolute Gasteiger partial charge is 0.232 e. The van der Waals surface area contributed by atoms with E-state index in [-0.39, 0.29) is 0 Å². The Bertz CT molecular complexity index is 339. The van der Waals surface area contributed by atoms with Gasteiger partial charge in [0.1, 0.15) is 0 Å². The molecule has 96 valence electrons. The topological polar surface area (TPSA) is 65.5 Å². The van der Waals surface area contributed by atoms with E-state index in [0.717, 1.165) is 4.47 Å². The van der Waals surface area contributed by atoms with Crippen LogP contribution in [-0.4, -0.2) is 50.6 Å². The van der Waals surface area contributed by atoms with E-state index >= 15 is 0 Å². The maximum absolute atomic E-state index is 5.29. The van der Waals surface area contributed by atoms with Crippen molar-refractivity contribution in [3.05, 3.63) is 10.7 Å². The van der Waals surface area contributed by atoms with Gasteiger partial charge in [-0.05, 0) is 15.9 Å². The molecule has 17 heavy (non-hydrogen) atoms. The minimum absolute atomic E-state index is 0.503. The van der Waals surface area contributed by atoms with Crippen LogP contribution in [0.4, 0.5) is 5.95 Å². The first-order chi connectivity index (χ1) is 8.27. The molecule has 1 N–H and O–H groups in total. The minimum Gasteiger partial charge on any atom is -0.480 e. The van der Waals surface area contributed by atoms with E-state index in [4.69, 9.17) is 14.2 Å². The number of hydrogen-bond donors (Lipinski definition) is 1. The van der Waals surface area contributed by atoms with Crippen molar-refractivity contribution in [1.82, 2.24) is 9.97 Å². The second-order valence-corrected chi connectivity index (χ2v) is 3.94. The van der Waals surface area contributed by atoms with Gasteiger partial charge in [-0.3, -0.25) is 0 Å². The predicted molar refractivity (Wildman–Crippen MR) is 67.5 cm³/mol. The van der Waals surface area contributed by atoms with E-state index in [1.165, 1.54) is 0 Å². The molecule has 1 aromatic rings. The van der Waals surface area contributed by atoms with Gasteiger partial charge in [0.15, 0.2) is 0 Å². The third kappa shape index (κ3) is 5.29. The van der Waals surface area contributed by atoms with E-state index in [0.29, 0.717) is 38.2 Å². The van der Waals surface area contributed by atoms with Crippen molar-refractivity contribution in [3.63, 3.8) is 0 Å². The molecular weight excluding hydrogens is 290 g/mol. The van der Waals surface area contributed by atoms with E-state index in [2.05, 4.69) is 31.2 Å². The third-order valence-corrected chi connectivity index (χ3v) is 2.41. The predicted octanol–water partition coefficient (Wildman–Crippen LogP) is 1.32. The minimum atomic E-state index is 0.503. The molecular formula is C10H16BrN3O3. The first-order valence-corrected chi connectivity index (χ1v) is 5.94. The van der Waals surface area contributed by atoms with Gasteiger partial charge in [-0.15, -0.1) is 0 Å². The van der Waals surface area contributed by atoms with Crippen LogP contribution < -0.4 is 10.1 Å². The molecule has 0 amide bonds. The van der Waals surface area contributed by atoms with Crippen LogP contribution >= 0.6 is 15.9 Å². The molecule has 0 saturated heterocycles. The fraction of sp³-hybridized carbons (Fsp3) is 0.600. The van der Waals surface area contributed by atoms with Gasteiger partial charge in [-0.2, -0.15) is 4.98 Å². The zero-order chi connectivity index (χ0) is 12.5. The summed E-state index contributed by atoms with van der Waals surface area (Å²) >= 11 is 3.28. The van der Waals surface area contributed by atoms with Crippen molar-refractivity contribution >= 4 is 21.9 Å². The molecule has 1 heterocycles. The lowest BCUT2D eigenvalue weighted by Crippen LogP contribution is -2.13. The van der Waals surface area contributed by atoms with Crippen LogP contribution in [0.1, 0.15) is 0 Å². The molecule has 0 aliphatic heterocycles. The standard InChI is InChI=1S/C10H16BrN3O3/c1-15-5-6-17-4-3-12-10-13-7-8(11)9(14-10)16-2/h7H,3-6H2,1-2H3,(H,12,13,14). The highest BCUT2D eigenvalue weighted by atomic mass is 79.9. The Balaban J connectivity index is 2.27. The van der Waals surface area contributed by atoms with Crippen LogP contribution in [-0.2, 0) is 9.47 Å². The van der Waals surface area contributed by atoms with Gasteiger partial charge < -0.3 is 19.5 Å². The van der Waals surface area contributed by atoms with Crippen LogP contribution in [0.25, 0.3) is 0 Å². The van der Waals surface area contributed by atoms with Crippen molar-refractivity contribution in [2.24, 2.45) is 0 Å².